The minimum absolute atomic E-state index is 1.02. The number of piperazine rings is 1. The highest BCUT2D eigenvalue weighted by Gasteiger charge is 2.11. The molecule has 0 aliphatic carbocycles. The van der Waals surface area contributed by atoms with Crippen molar-refractivity contribution in [2.24, 2.45) is 0 Å². The van der Waals surface area contributed by atoms with E-state index in [0.717, 1.165) is 19.6 Å². The van der Waals surface area contributed by atoms with Crippen LogP contribution in [0.3, 0.4) is 0 Å². The summed E-state index contributed by atoms with van der Waals surface area (Å²) in [5.41, 5.74) is 0. The molecule has 2 aliphatic rings. The topological polar surface area (TPSA) is 21.8 Å². The number of likely N-dealkylation sites (tertiary alicyclic amines) is 1. The summed E-state index contributed by atoms with van der Waals surface area (Å²) in [6, 6.07) is 0. The Labute approximate surface area is 139 Å². The van der Waals surface area contributed by atoms with Crippen LogP contribution in [0.4, 0.5) is 0 Å². The maximum Gasteiger partial charge on any atom is 0.0164 e. The molecule has 2 rings (SSSR count). The molecule has 2 aliphatic heterocycles. The lowest BCUT2D eigenvalue weighted by Gasteiger charge is -2.31. The van der Waals surface area contributed by atoms with Crippen LogP contribution in [0.2, 0.25) is 0 Å². The second-order valence-corrected chi connectivity index (χ2v) is 5.83. The Morgan fingerprint density at radius 2 is 1.57 bits per heavy atom. The molecule has 5 heteroatoms. The van der Waals surface area contributed by atoms with Gasteiger partial charge in [-0.25, -0.2) is 0 Å². The molecular formula is C16H33BrN4. The normalized spacial score (nSPS) is 21.7. The molecule has 0 aromatic heterocycles. The lowest BCUT2D eigenvalue weighted by atomic mass is 10.3. The Balaban J connectivity index is 0.00000106. The van der Waals surface area contributed by atoms with Crippen LogP contribution in [0.15, 0.2) is 12.2 Å². The van der Waals surface area contributed by atoms with Crippen molar-refractivity contribution < 1.29 is 0 Å². The molecule has 2 saturated heterocycles. The summed E-state index contributed by atoms with van der Waals surface area (Å²) >= 11 is 2.94. The Morgan fingerprint density at radius 1 is 0.905 bits per heavy atom. The van der Waals surface area contributed by atoms with Crippen LogP contribution >= 0.6 is 15.9 Å². The molecule has 0 bridgehead atoms. The van der Waals surface area contributed by atoms with Crippen molar-refractivity contribution in [2.45, 2.75) is 12.8 Å². The predicted molar refractivity (Wildman–Crippen MR) is 96.5 cm³/mol. The average molecular weight is 361 g/mol. The van der Waals surface area contributed by atoms with Crippen molar-refractivity contribution in [3.63, 3.8) is 0 Å². The van der Waals surface area contributed by atoms with Crippen molar-refractivity contribution in [2.75, 3.05) is 78.3 Å². The highest BCUT2D eigenvalue weighted by Crippen LogP contribution is 2.05. The van der Waals surface area contributed by atoms with E-state index in [1.807, 2.05) is 5.83 Å². The molecule has 21 heavy (non-hydrogen) atoms. The number of halogens is 1. The number of alkyl halides is 1. The molecule has 0 amide bonds. The van der Waals surface area contributed by atoms with Crippen LogP contribution in [-0.4, -0.2) is 93.0 Å². The van der Waals surface area contributed by atoms with Gasteiger partial charge >= 0.3 is 0 Å². The predicted octanol–water partition coefficient (Wildman–Crippen LogP) is 1.49. The second-order valence-electron chi connectivity index (χ2n) is 5.83. The summed E-state index contributed by atoms with van der Waals surface area (Å²) in [5.74, 6) is 1.81. The molecule has 0 aromatic carbocycles. The monoisotopic (exact) mass is 360 g/mol. The van der Waals surface area contributed by atoms with Gasteiger partial charge < -0.3 is 15.1 Å². The third-order valence-electron chi connectivity index (χ3n) is 4.19. The molecule has 2 heterocycles. The third-order valence-corrected chi connectivity index (χ3v) is 4.19. The van der Waals surface area contributed by atoms with Crippen LogP contribution in [0.1, 0.15) is 12.8 Å². The largest absolute Gasteiger partial charge is 0.312 e. The van der Waals surface area contributed by atoms with Crippen LogP contribution in [-0.2, 0) is 0 Å². The van der Waals surface area contributed by atoms with Gasteiger partial charge in [-0.3, -0.25) is 4.90 Å². The molecule has 124 valence electrons. The third kappa shape index (κ3) is 8.94. The molecule has 0 atom stereocenters. The Hall–Kier alpha value is 0.0600. The Bertz CT molecular complexity index is 259. The van der Waals surface area contributed by atoms with E-state index in [0.29, 0.717) is 0 Å². The molecule has 0 unspecified atom stereocenters. The first-order valence-electron chi connectivity index (χ1n) is 8.21. The molecule has 1 N–H and O–H groups in total. The van der Waals surface area contributed by atoms with Crippen molar-refractivity contribution in [3.05, 3.63) is 12.2 Å². The summed E-state index contributed by atoms with van der Waals surface area (Å²) < 4.78 is 0. The molecular weight excluding hydrogens is 328 g/mol. The van der Waals surface area contributed by atoms with E-state index in [9.17, 15) is 0 Å². The standard InChI is InChI=1S/C15H30N4.CH3Br/c1-17-12-14-19(15-13-17)8-3-2-6-16-7-11-18-9-4-5-10-18;1-2/h2-3,16H,4-15H2,1H3;1H3/b3-2+;. The highest BCUT2D eigenvalue weighted by atomic mass is 79.9. The molecule has 0 radical (unpaired) electrons. The SMILES string of the molecule is CBr.CN1CCN(C/C=C/CNCCN2CCCC2)CC1. The van der Waals surface area contributed by atoms with Crippen LogP contribution < -0.4 is 5.32 Å². The van der Waals surface area contributed by atoms with E-state index in [-0.39, 0.29) is 0 Å². The van der Waals surface area contributed by atoms with Gasteiger partial charge in [-0.1, -0.05) is 28.1 Å². The van der Waals surface area contributed by atoms with Crippen LogP contribution in [0, 0.1) is 0 Å². The van der Waals surface area contributed by atoms with Gasteiger partial charge in [0.05, 0.1) is 0 Å². The number of likely N-dealkylation sites (N-methyl/N-ethyl adjacent to an activating group) is 1. The lowest BCUT2D eigenvalue weighted by molar-refractivity contribution is 0.166. The van der Waals surface area contributed by atoms with Gasteiger partial charge in [0, 0.05) is 52.4 Å². The fraction of sp³-hybridized carbons (Fsp3) is 0.875. The number of hydrogen-bond acceptors (Lipinski definition) is 4. The fourth-order valence-electron chi connectivity index (χ4n) is 2.77. The summed E-state index contributed by atoms with van der Waals surface area (Å²) in [6.45, 7) is 11.9. The van der Waals surface area contributed by atoms with Crippen molar-refractivity contribution in [3.8, 4) is 0 Å². The number of nitrogens with zero attached hydrogens (tertiary/aromatic N) is 3. The summed E-state index contributed by atoms with van der Waals surface area (Å²) in [4.78, 5) is 7.49. The van der Waals surface area contributed by atoms with E-state index in [4.69, 9.17) is 0 Å². The summed E-state index contributed by atoms with van der Waals surface area (Å²) in [6.07, 6.45) is 7.38. The van der Waals surface area contributed by atoms with E-state index in [1.54, 1.807) is 0 Å². The van der Waals surface area contributed by atoms with Gasteiger partial charge in [-0.2, -0.15) is 0 Å². The zero-order chi connectivity index (χ0) is 15.3. The average Bonchev–Trinajstić information content (AvgIpc) is 3.03. The van der Waals surface area contributed by atoms with Gasteiger partial charge in [0.15, 0.2) is 0 Å². The fourth-order valence-corrected chi connectivity index (χ4v) is 2.77. The first-order valence-corrected chi connectivity index (χ1v) is 9.80. The zero-order valence-electron chi connectivity index (χ0n) is 13.9. The number of rotatable bonds is 7. The van der Waals surface area contributed by atoms with Crippen LogP contribution in [0.5, 0.6) is 0 Å². The van der Waals surface area contributed by atoms with Gasteiger partial charge in [0.2, 0.25) is 0 Å². The Morgan fingerprint density at radius 3 is 2.24 bits per heavy atom. The van der Waals surface area contributed by atoms with Crippen LogP contribution in [0.25, 0.3) is 0 Å². The van der Waals surface area contributed by atoms with E-state index < -0.39 is 0 Å². The summed E-state index contributed by atoms with van der Waals surface area (Å²) in [7, 11) is 2.21. The number of hydrogen-bond donors (Lipinski definition) is 1. The molecule has 0 saturated carbocycles. The van der Waals surface area contributed by atoms with Gasteiger partial charge in [-0.15, -0.1) is 0 Å². The first kappa shape index (κ1) is 19.1. The minimum atomic E-state index is 1.02. The minimum Gasteiger partial charge on any atom is -0.312 e. The second kappa shape index (κ2) is 12.6. The van der Waals surface area contributed by atoms with Gasteiger partial charge in [0.25, 0.3) is 0 Å². The molecule has 0 aromatic rings. The smallest absolute Gasteiger partial charge is 0.0164 e. The van der Waals surface area contributed by atoms with Gasteiger partial charge in [-0.05, 0) is 38.8 Å². The molecule has 4 nitrogen and oxygen atoms in total. The maximum absolute atomic E-state index is 3.50. The van der Waals surface area contributed by atoms with Gasteiger partial charge in [0.1, 0.15) is 0 Å². The molecule has 0 spiro atoms. The number of nitrogens with one attached hydrogen (secondary N) is 1. The van der Waals surface area contributed by atoms with E-state index in [1.165, 1.54) is 58.7 Å². The zero-order valence-corrected chi connectivity index (χ0v) is 15.4. The quantitative estimate of drug-likeness (QED) is 0.421. The molecule has 2 fully saturated rings. The van der Waals surface area contributed by atoms with Crippen molar-refractivity contribution in [1.82, 2.24) is 20.0 Å². The maximum atomic E-state index is 3.50. The highest BCUT2D eigenvalue weighted by molar-refractivity contribution is 9.08. The Kier molecular flexibility index (Phi) is 11.5. The summed E-state index contributed by atoms with van der Waals surface area (Å²) in [5, 5.41) is 3.50. The van der Waals surface area contributed by atoms with E-state index >= 15 is 0 Å². The van der Waals surface area contributed by atoms with Crippen molar-refractivity contribution in [1.29, 1.82) is 0 Å². The first-order chi connectivity index (χ1) is 10.3. The van der Waals surface area contributed by atoms with E-state index in [2.05, 4.69) is 55.1 Å². The lowest BCUT2D eigenvalue weighted by Crippen LogP contribution is -2.44. The van der Waals surface area contributed by atoms with Crippen molar-refractivity contribution >= 4 is 15.9 Å².